The first-order valence-electron chi connectivity index (χ1n) is 10.00. The number of carbonyl (C=O) groups is 1. The summed E-state index contributed by atoms with van der Waals surface area (Å²) in [6.07, 6.45) is 4.98. The maximum absolute atomic E-state index is 13.1. The molecule has 0 bridgehead atoms. The summed E-state index contributed by atoms with van der Waals surface area (Å²) in [5, 5.41) is 0. The Labute approximate surface area is 183 Å². The first-order chi connectivity index (χ1) is 14.4. The van der Waals surface area contributed by atoms with Crippen molar-refractivity contribution in [2.24, 2.45) is 0 Å². The summed E-state index contributed by atoms with van der Waals surface area (Å²) in [5.41, 5.74) is 1.19. The number of hydrogen-bond donors (Lipinski definition) is 1. The number of methoxy groups -OCH3 is 1. The number of sulfonamides is 1. The Balaban J connectivity index is 1.89. The van der Waals surface area contributed by atoms with E-state index in [0.29, 0.717) is 24.4 Å². The predicted octanol–water partition coefficient (Wildman–Crippen LogP) is 4.08. The maximum Gasteiger partial charge on any atom is 0.255 e. The van der Waals surface area contributed by atoms with E-state index in [2.05, 4.69) is 4.72 Å². The van der Waals surface area contributed by atoms with Crippen LogP contribution in [0, 0.1) is 0 Å². The van der Waals surface area contributed by atoms with Crippen molar-refractivity contribution in [2.45, 2.75) is 42.0 Å². The second-order valence-electron chi connectivity index (χ2n) is 7.30. The number of benzene rings is 2. The summed E-state index contributed by atoms with van der Waals surface area (Å²) in [5.74, 6) is 0.514. The van der Waals surface area contributed by atoms with Gasteiger partial charge in [0.15, 0.2) is 0 Å². The van der Waals surface area contributed by atoms with Gasteiger partial charge in [-0.15, -0.1) is 11.8 Å². The number of thioether (sulfide) groups is 1. The Morgan fingerprint density at radius 1 is 1.13 bits per heavy atom. The van der Waals surface area contributed by atoms with Gasteiger partial charge in [0.25, 0.3) is 5.91 Å². The van der Waals surface area contributed by atoms with Gasteiger partial charge in [-0.05, 0) is 56.7 Å². The lowest BCUT2D eigenvalue weighted by molar-refractivity contribution is 0.0720. The zero-order chi connectivity index (χ0) is 21.7. The number of likely N-dealkylation sites (tertiary alicyclic amines) is 1. The molecular weight excluding hydrogens is 420 g/mol. The van der Waals surface area contributed by atoms with Gasteiger partial charge in [-0.1, -0.05) is 18.2 Å². The lowest BCUT2D eigenvalue weighted by Gasteiger charge is -2.27. The van der Waals surface area contributed by atoms with Crippen molar-refractivity contribution >= 4 is 27.7 Å². The van der Waals surface area contributed by atoms with Crippen LogP contribution in [0.15, 0.2) is 52.3 Å². The van der Waals surface area contributed by atoms with Crippen LogP contribution in [0.25, 0.3) is 0 Å². The van der Waals surface area contributed by atoms with Crippen LogP contribution in [0.5, 0.6) is 5.75 Å². The number of ether oxygens (including phenoxy) is 1. The molecule has 30 heavy (non-hydrogen) atoms. The molecule has 0 aromatic heterocycles. The molecule has 1 heterocycles. The van der Waals surface area contributed by atoms with E-state index >= 15 is 0 Å². The molecule has 1 amide bonds. The van der Waals surface area contributed by atoms with E-state index in [1.54, 1.807) is 32.2 Å². The molecule has 2 aromatic carbocycles. The van der Waals surface area contributed by atoms with Crippen LogP contribution < -0.4 is 9.46 Å². The Kier molecular flexibility index (Phi) is 7.44. The van der Waals surface area contributed by atoms with E-state index in [-0.39, 0.29) is 10.8 Å². The van der Waals surface area contributed by atoms with Crippen LogP contribution >= 0.6 is 11.8 Å². The van der Waals surface area contributed by atoms with Gasteiger partial charge in [0.05, 0.1) is 17.6 Å². The third kappa shape index (κ3) is 4.99. The van der Waals surface area contributed by atoms with Gasteiger partial charge in [-0.25, -0.2) is 13.1 Å². The molecule has 1 N–H and O–H groups in total. The molecule has 0 saturated carbocycles. The molecule has 1 saturated heterocycles. The Hall–Kier alpha value is -2.03. The summed E-state index contributed by atoms with van der Waals surface area (Å²) in [6, 6.07) is 11.6. The third-order valence-electron chi connectivity index (χ3n) is 5.29. The monoisotopic (exact) mass is 448 g/mol. The van der Waals surface area contributed by atoms with Crippen LogP contribution in [0.2, 0.25) is 0 Å². The molecular formula is C22H28N2O4S2. The number of piperidine rings is 1. The van der Waals surface area contributed by atoms with Crippen LogP contribution in [-0.4, -0.2) is 45.7 Å². The summed E-state index contributed by atoms with van der Waals surface area (Å²) < 4.78 is 34.2. The summed E-state index contributed by atoms with van der Waals surface area (Å²) >= 11 is 1.44. The normalized spacial score (nSPS) is 15.6. The molecule has 8 heteroatoms. The predicted molar refractivity (Wildman–Crippen MR) is 120 cm³/mol. The molecule has 1 fully saturated rings. The molecule has 2 aromatic rings. The number of para-hydroxylation sites is 1. The molecule has 0 aliphatic carbocycles. The fourth-order valence-corrected chi connectivity index (χ4v) is 5.50. The zero-order valence-corrected chi connectivity index (χ0v) is 19.2. The lowest BCUT2D eigenvalue weighted by Crippen LogP contribution is -2.36. The van der Waals surface area contributed by atoms with E-state index in [0.717, 1.165) is 29.7 Å². The van der Waals surface area contributed by atoms with Crippen molar-refractivity contribution in [2.75, 3.05) is 26.5 Å². The quantitative estimate of drug-likeness (QED) is 0.646. The average Bonchev–Trinajstić information content (AvgIpc) is 2.78. The van der Waals surface area contributed by atoms with Gasteiger partial charge in [-0.3, -0.25) is 4.79 Å². The minimum Gasteiger partial charge on any atom is -0.496 e. The largest absolute Gasteiger partial charge is 0.496 e. The highest BCUT2D eigenvalue weighted by Crippen LogP contribution is 2.29. The second-order valence-corrected chi connectivity index (χ2v) is 9.86. The number of amides is 1. The van der Waals surface area contributed by atoms with E-state index in [1.165, 1.54) is 17.8 Å². The summed E-state index contributed by atoms with van der Waals surface area (Å²) in [7, 11) is -2.27. The fourth-order valence-electron chi connectivity index (χ4n) is 3.68. The van der Waals surface area contributed by atoms with Gasteiger partial charge in [0, 0.05) is 29.6 Å². The molecule has 6 nitrogen and oxygen atoms in total. The molecule has 0 spiro atoms. The number of hydrogen-bond acceptors (Lipinski definition) is 5. The van der Waals surface area contributed by atoms with Gasteiger partial charge < -0.3 is 9.64 Å². The van der Waals surface area contributed by atoms with Gasteiger partial charge in [0.2, 0.25) is 10.0 Å². The Bertz CT molecular complexity index is 1000. The SMILES string of the molecule is COc1ccccc1C(C)NS(=O)(=O)c1ccc(SC)c(C(=O)N2CCCCC2)c1. The maximum atomic E-state index is 13.1. The van der Waals surface area contributed by atoms with E-state index in [1.807, 2.05) is 29.4 Å². The number of rotatable bonds is 7. The average molecular weight is 449 g/mol. The number of nitrogens with one attached hydrogen (secondary N) is 1. The van der Waals surface area contributed by atoms with Gasteiger partial charge >= 0.3 is 0 Å². The van der Waals surface area contributed by atoms with E-state index in [9.17, 15) is 13.2 Å². The van der Waals surface area contributed by atoms with Crippen LogP contribution in [0.3, 0.4) is 0 Å². The number of nitrogens with zero attached hydrogens (tertiary/aromatic N) is 1. The van der Waals surface area contributed by atoms with E-state index < -0.39 is 16.1 Å². The van der Waals surface area contributed by atoms with Crippen molar-refractivity contribution < 1.29 is 17.9 Å². The number of carbonyl (C=O) groups excluding carboxylic acids is 1. The van der Waals surface area contributed by atoms with Crippen LogP contribution in [0.1, 0.15) is 48.1 Å². The van der Waals surface area contributed by atoms with Crippen LogP contribution in [0.4, 0.5) is 0 Å². The third-order valence-corrected chi connectivity index (χ3v) is 7.63. The second kappa shape index (κ2) is 9.85. The highest BCUT2D eigenvalue weighted by atomic mass is 32.2. The van der Waals surface area contributed by atoms with Crippen molar-refractivity contribution in [1.29, 1.82) is 0 Å². The van der Waals surface area contributed by atoms with Crippen molar-refractivity contribution in [3.8, 4) is 5.75 Å². The first-order valence-corrected chi connectivity index (χ1v) is 12.7. The standard InChI is InChI=1S/C22H28N2O4S2/c1-16(18-9-5-6-10-20(18)28-2)23-30(26,27)17-11-12-21(29-3)19(15-17)22(25)24-13-7-4-8-14-24/h5-6,9-12,15-16,23H,4,7-8,13-14H2,1-3H3. The highest BCUT2D eigenvalue weighted by molar-refractivity contribution is 7.98. The Morgan fingerprint density at radius 3 is 2.50 bits per heavy atom. The minimum absolute atomic E-state index is 0.0856. The fraction of sp³-hybridized carbons (Fsp3) is 0.409. The van der Waals surface area contributed by atoms with Gasteiger partial charge in [-0.2, -0.15) is 0 Å². The van der Waals surface area contributed by atoms with Crippen molar-refractivity contribution in [3.05, 3.63) is 53.6 Å². The molecule has 1 atom stereocenters. The van der Waals surface area contributed by atoms with E-state index in [4.69, 9.17) is 4.74 Å². The topological polar surface area (TPSA) is 75.7 Å². The molecule has 1 aliphatic rings. The van der Waals surface area contributed by atoms with Crippen LogP contribution in [-0.2, 0) is 10.0 Å². The lowest BCUT2D eigenvalue weighted by atomic mass is 10.1. The highest BCUT2D eigenvalue weighted by Gasteiger charge is 2.25. The zero-order valence-electron chi connectivity index (χ0n) is 17.6. The summed E-state index contributed by atoms with van der Waals surface area (Å²) in [4.78, 5) is 15.8. The molecule has 3 rings (SSSR count). The molecule has 1 unspecified atom stereocenters. The Morgan fingerprint density at radius 2 is 1.83 bits per heavy atom. The minimum atomic E-state index is -3.83. The van der Waals surface area contributed by atoms with Crippen molar-refractivity contribution in [3.63, 3.8) is 0 Å². The van der Waals surface area contributed by atoms with Gasteiger partial charge in [0.1, 0.15) is 5.75 Å². The van der Waals surface area contributed by atoms with Crippen molar-refractivity contribution in [1.82, 2.24) is 9.62 Å². The molecule has 1 aliphatic heterocycles. The first kappa shape index (κ1) is 22.7. The molecule has 162 valence electrons. The smallest absolute Gasteiger partial charge is 0.255 e. The summed E-state index contributed by atoms with van der Waals surface area (Å²) in [6.45, 7) is 3.20. The molecule has 0 radical (unpaired) electrons.